The molecule has 0 bridgehead atoms. The largest absolute Gasteiger partial charge is 0.244 e. The first-order valence-electron chi connectivity index (χ1n) is 6.55. The number of benzene rings is 1. The summed E-state index contributed by atoms with van der Waals surface area (Å²) < 4.78 is 4.75. The lowest BCUT2D eigenvalue weighted by molar-refractivity contribution is -0.677. The van der Waals surface area contributed by atoms with Crippen LogP contribution in [0.5, 0.6) is 0 Å². The molecule has 17 heavy (non-hydrogen) atoms. The highest BCUT2D eigenvalue weighted by molar-refractivity contribution is 5.71. The van der Waals surface area contributed by atoms with Crippen molar-refractivity contribution in [2.45, 2.75) is 40.8 Å². The van der Waals surface area contributed by atoms with Gasteiger partial charge in [-0.1, -0.05) is 39.8 Å². The van der Waals surface area contributed by atoms with Crippen LogP contribution in [-0.2, 0) is 13.1 Å². The van der Waals surface area contributed by atoms with Crippen molar-refractivity contribution in [2.75, 3.05) is 0 Å². The number of hydrogen-bond donors (Lipinski definition) is 0. The smallest absolute Gasteiger partial charge is 0.230 e. The molecular weight excluding hydrogens is 208 g/mol. The van der Waals surface area contributed by atoms with E-state index >= 15 is 0 Å². The van der Waals surface area contributed by atoms with Gasteiger partial charge in [-0.05, 0) is 24.0 Å². The summed E-state index contributed by atoms with van der Waals surface area (Å²) >= 11 is 0. The fourth-order valence-corrected chi connectivity index (χ4v) is 2.32. The van der Waals surface area contributed by atoms with Crippen molar-refractivity contribution in [3.8, 4) is 0 Å². The molecule has 92 valence electrons. The highest BCUT2D eigenvalue weighted by Gasteiger charge is 2.16. The quantitative estimate of drug-likeness (QED) is 0.714. The van der Waals surface area contributed by atoms with E-state index in [1.807, 2.05) is 0 Å². The zero-order chi connectivity index (χ0) is 12.4. The lowest BCUT2D eigenvalue weighted by Gasteiger charge is -2.01. The topological polar surface area (TPSA) is 8.81 Å². The van der Waals surface area contributed by atoms with Crippen LogP contribution in [0.4, 0.5) is 0 Å². The molecule has 0 spiro atoms. The van der Waals surface area contributed by atoms with Crippen LogP contribution in [0.25, 0.3) is 11.0 Å². The van der Waals surface area contributed by atoms with Crippen LogP contribution in [0.3, 0.4) is 0 Å². The Hall–Kier alpha value is -1.31. The van der Waals surface area contributed by atoms with Gasteiger partial charge in [0.15, 0.2) is 11.0 Å². The molecule has 0 radical (unpaired) electrons. The van der Waals surface area contributed by atoms with Crippen molar-refractivity contribution < 1.29 is 4.57 Å². The van der Waals surface area contributed by atoms with Crippen molar-refractivity contribution in [1.29, 1.82) is 0 Å². The number of nitrogens with zero attached hydrogens (tertiary/aromatic N) is 2. The molecule has 2 rings (SSSR count). The second-order valence-corrected chi connectivity index (χ2v) is 5.70. The number of para-hydroxylation sites is 2. The van der Waals surface area contributed by atoms with E-state index in [2.05, 4.69) is 67.4 Å². The molecule has 2 nitrogen and oxygen atoms in total. The second-order valence-electron chi connectivity index (χ2n) is 5.70. The molecule has 0 saturated heterocycles. The molecule has 1 heterocycles. The van der Waals surface area contributed by atoms with E-state index in [1.54, 1.807) is 0 Å². The summed E-state index contributed by atoms with van der Waals surface area (Å²) in [7, 11) is 0. The Morgan fingerprint density at radius 1 is 1.06 bits per heavy atom. The third kappa shape index (κ3) is 2.68. The van der Waals surface area contributed by atoms with Gasteiger partial charge in [-0.15, -0.1) is 0 Å². The molecular formula is C15H23N2+. The van der Waals surface area contributed by atoms with Gasteiger partial charge in [0, 0.05) is 0 Å². The minimum Gasteiger partial charge on any atom is -0.230 e. The molecule has 0 aliphatic heterocycles. The molecule has 0 N–H and O–H groups in total. The van der Waals surface area contributed by atoms with E-state index in [0.29, 0.717) is 11.8 Å². The molecule has 0 aliphatic carbocycles. The number of rotatable bonds is 4. The summed E-state index contributed by atoms with van der Waals surface area (Å²) in [6, 6.07) is 8.68. The van der Waals surface area contributed by atoms with E-state index in [1.165, 1.54) is 11.0 Å². The Morgan fingerprint density at radius 2 is 1.76 bits per heavy atom. The molecule has 1 aromatic carbocycles. The fraction of sp³-hybridized carbons (Fsp3) is 0.533. The van der Waals surface area contributed by atoms with E-state index in [4.69, 9.17) is 0 Å². The Morgan fingerprint density at radius 3 is 2.41 bits per heavy atom. The average Bonchev–Trinajstić information content (AvgIpc) is 2.56. The van der Waals surface area contributed by atoms with Crippen molar-refractivity contribution in [2.24, 2.45) is 11.8 Å². The van der Waals surface area contributed by atoms with Crippen LogP contribution in [0.15, 0.2) is 30.6 Å². The van der Waals surface area contributed by atoms with Crippen LogP contribution in [-0.4, -0.2) is 4.57 Å². The van der Waals surface area contributed by atoms with Crippen LogP contribution in [0, 0.1) is 11.8 Å². The van der Waals surface area contributed by atoms with Crippen LogP contribution < -0.4 is 4.57 Å². The van der Waals surface area contributed by atoms with Gasteiger partial charge >= 0.3 is 0 Å². The van der Waals surface area contributed by atoms with E-state index < -0.39 is 0 Å². The third-order valence-electron chi connectivity index (χ3n) is 2.90. The van der Waals surface area contributed by atoms with Gasteiger partial charge in [0.2, 0.25) is 6.33 Å². The summed E-state index contributed by atoms with van der Waals surface area (Å²) in [5, 5.41) is 0. The highest BCUT2D eigenvalue weighted by Crippen LogP contribution is 2.13. The zero-order valence-electron chi connectivity index (χ0n) is 11.4. The van der Waals surface area contributed by atoms with Crippen LogP contribution in [0.2, 0.25) is 0 Å². The summed E-state index contributed by atoms with van der Waals surface area (Å²) in [5.74, 6) is 1.36. The minimum atomic E-state index is 0.679. The normalized spacial score (nSPS) is 11.9. The molecule has 1 aromatic heterocycles. The van der Waals surface area contributed by atoms with Crippen molar-refractivity contribution in [1.82, 2.24) is 4.57 Å². The molecule has 0 amide bonds. The van der Waals surface area contributed by atoms with Crippen molar-refractivity contribution in [3.05, 3.63) is 30.6 Å². The van der Waals surface area contributed by atoms with Gasteiger partial charge in [0.25, 0.3) is 0 Å². The number of aromatic nitrogens is 2. The van der Waals surface area contributed by atoms with E-state index in [9.17, 15) is 0 Å². The predicted molar refractivity (Wildman–Crippen MR) is 71.8 cm³/mol. The zero-order valence-corrected chi connectivity index (χ0v) is 11.4. The van der Waals surface area contributed by atoms with Gasteiger partial charge in [0.1, 0.15) is 0 Å². The maximum Gasteiger partial charge on any atom is 0.244 e. The first-order valence-corrected chi connectivity index (χ1v) is 6.55. The molecule has 0 aliphatic rings. The SMILES string of the molecule is CC(C)Cn1c[n+](CC(C)C)c2ccccc21. The molecule has 0 fully saturated rings. The van der Waals surface area contributed by atoms with Crippen molar-refractivity contribution >= 4 is 11.0 Å². The van der Waals surface area contributed by atoms with Crippen molar-refractivity contribution in [3.63, 3.8) is 0 Å². The molecule has 0 saturated carbocycles. The summed E-state index contributed by atoms with van der Waals surface area (Å²) in [6.45, 7) is 11.2. The number of fused-ring (bicyclic) bond motifs is 1. The monoisotopic (exact) mass is 231 g/mol. The first-order chi connectivity index (χ1) is 8.08. The maximum atomic E-state index is 2.38. The lowest BCUT2D eigenvalue weighted by atomic mass is 10.2. The number of imidazole rings is 1. The average molecular weight is 231 g/mol. The Labute approximate surface area is 104 Å². The molecule has 2 heteroatoms. The highest BCUT2D eigenvalue weighted by atomic mass is 15.1. The first kappa shape index (κ1) is 12.2. The van der Waals surface area contributed by atoms with Gasteiger partial charge in [-0.2, -0.15) is 0 Å². The van der Waals surface area contributed by atoms with Gasteiger partial charge in [-0.3, -0.25) is 0 Å². The van der Waals surface area contributed by atoms with E-state index in [-0.39, 0.29) is 0 Å². The summed E-state index contributed by atoms with van der Waals surface area (Å²) in [6.07, 6.45) is 2.27. The van der Waals surface area contributed by atoms with Gasteiger partial charge in [0.05, 0.1) is 13.1 Å². The summed E-state index contributed by atoms with van der Waals surface area (Å²) in [4.78, 5) is 0. The van der Waals surface area contributed by atoms with E-state index in [0.717, 1.165) is 13.1 Å². The van der Waals surface area contributed by atoms with Crippen LogP contribution in [0.1, 0.15) is 27.7 Å². The van der Waals surface area contributed by atoms with Gasteiger partial charge < -0.3 is 0 Å². The maximum absolute atomic E-state index is 2.38. The Balaban J connectivity index is 2.46. The summed E-state index contributed by atoms with van der Waals surface area (Å²) in [5.41, 5.74) is 2.70. The second kappa shape index (κ2) is 4.91. The molecule has 0 atom stereocenters. The number of hydrogen-bond acceptors (Lipinski definition) is 0. The molecule has 2 aromatic rings. The molecule has 0 unspecified atom stereocenters. The predicted octanol–water partition coefficient (Wildman–Crippen LogP) is 3.24. The Bertz CT molecular complexity index is 451. The Kier molecular flexibility index (Phi) is 3.51. The fourth-order valence-electron chi connectivity index (χ4n) is 2.32. The third-order valence-corrected chi connectivity index (χ3v) is 2.90. The van der Waals surface area contributed by atoms with Crippen LogP contribution >= 0.6 is 0 Å². The lowest BCUT2D eigenvalue weighted by Crippen LogP contribution is -2.35. The standard InChI is InChI=1S/C15H23N2/c1-12(2)9-16-11-17(10-13(3)4)15-8-6-5-7-14(15)16/h5-8,11-13H,9-10H2,1-4H3/q+1. The van der Waals surface area contributed by atoms with Gasteiger partial charge in [-0.25, -0.2) is 9.13 Å². The minimum absolute atomic E-state index is 0.679.